The number of carbonyl (C=O) groups excluding carboxylic acids is 4. The van der Waals surface area contributed by atoms with Crippen LogP contribution in [0, 0.1) is 11.8 Å². The lowest BCUT2D eigenvalue weighted by Gasteiger charge is -2.29. The van der Waals surface area contributed by atoms with Crippen molar-refractivity contribution in [1.82, 2.24) is 40.4 Å². The molecule has 7 rings (SSSR count). The number of aromatic amines is 2. The van der Waals surface area contributed by atoms with Crippen molar-refractivity contribution in [1.29, 1.82) is 0 Å². The lowest BCUT2D eigenvalue weighted by molar-refractivity contribution is -0.136. The van der Waals surface area contributed by atoms with Crippen LogP contribution in [0.25, 0.3) is 44.3 Å². The summed E-state index contributed by atoms with van der Waals surface area (Å²) in [7, 11) is 2.53. The molecular weight excluding hydrogens is 757 g/mol. The molecule has 0 bridgehead atoms. The van der Waals surface area contributed by atoms with E-state index < -0.39 is 30.2 Å². The number of hydrogen-bond donors (Lipinski definition) is 5. The summed E-state index contributed by atoms with van der Waals surface area (Å²) in [6.07, 6.45) is 1.65. The van der Waals surface area contributed by atoms with Crippen LogP contribution < -0.4 is 10.6 Å². The Morgan fingerprint density at radius 2 is 1.12 bits per heavy atom. The molecular formula is C43H50N8O8. The smallest absolute Gasteiger partial charge is 0.407 e. The number of benzene rings is 3. The van der Waals surface area contributed by atoms with Gasteiger partial charge in [0.15, 0.2) is 0 Å². The Morgan fingerprint density at radius 3 is 1.58 bits per heavy atom. The third kappa shape index (κ3) is 8.16. The number of aromatic carboxylic acids is 1. The van der Waals surface area contributed by atoms with Crippen LogP contribution in [0.4, 0.5) is 9.59 Å². The second-order valence-electron chi connectivity index (χ2n) is 15.9. The minimum Gasteiger partial charge on any atom is -0.478 e. The molecule has 4 heterocycles. The normalized spacial score (nSPS) is 17.8. The van der Waals surface area contributed by atoms with Gasteiger partial charge in [-0.25, -0.2) is 24.4 Å². The quantitative estimate of drug-likeness (QED) is 0.0970. The standard InChI is InChI=1S/C43H50N8O8/c1-22(2)35(48-42(56)58-5)39(52)50-17-7-9-33(50)37-44-29-15-12-25(20-31(29)46-37)24-11-14-27(28(19-24)41(54)55)26-13-16-30-32(21-26)47-38(45-30)34-10-8-18-51(34)40(53)36(23(3)4)49-43(57)59-6/h11-16,19-23,33-36H,7-10,17-18H2,1-6H3,(H,44,46)(H,45,47)(H,48,56)(H,49,57)(H,54,55)/t33-,34-,35-,36-/m0/s1. The van der Waals surface area contributed by atoms with Gasteiger partial charge in [0.25, 0.3) is 0 Å². The summed E-state index contributed by atoms with van der Waals surface area (Å²) in [5.74, 6) is -0.523. The van der Waals surface area contributed by atoms with E-state index in [0.717, 1.165) is 23.9 Å². The van der Waals surface area contributed by atoms with Crippen LogP contribution in [-0.2, 0) is 19.1 Å². The Bertz CT molecular complexity index is 2420. The lowest BCUT2D eigenvalue weighted by Crippen LogP contribution is -2.51. The predicted octanol–water partition coefficient (Wildman–Crippen LogP) is 6.56. The maximum atomic E-state index is 13.7. The topological polar surface area (TPSA) is 212 Å². The first-order valence-corrected chi connectivity index (χ1v) is 19.9. The molecule has 0 spiro atoms. The highest BCUT2D eigenvalue weighted by Gasteiger charge is 2.39. The first-order valence-electron chi connectivity index (χ1n) is 19.9. The minimum atomic E-state index is -1.08. The second-order valence-corrected chi connectivity index (χ2v) is 15.9. The van der Waals surface area contributed by atoms with Crippen molar-refractivity contribution < 1.29 is 38.6 Å². The van der Waals surface area contributed by atoms with E-state index in [9.17, 15) is 29.1 Å². The number of amides is 4. The van der Waals surface area contributed by atoms with Crippen LogP contribution in [0.3, 0.4) is 0 Å². The number of fused-ring (bicyclic) bond motifs is 2. The van der Waals surface area contributed by atoms with E-state index in [-0.39, 0.29) is 41.3 Å². The van der Waals surface area contributed by atoms with Gasteiger partial charge in [-0.15, -0.1) is 0 Å². The number of ether oxygens (including phenoxy) is 2. The summed E-state index contributed by atoms with van der Waals surface area (Å²) in [4.78, 5) is 84.1. The fourth-order valence-electron chi connectivity index (χ4n) is 8.26. The Balaban J connectivity index is 1.13. The van der Waals surface area contributed by atoms with Gasteiger partial charge in [-0.1, -0.05) is 52.0 Å². The van der Waals surface area contributed by atoms with Crippen molar-refractivity contribution in [2.45, 2.75) is 77.5 Å². The first kappa shape index (κ1) is 40.7. The maximum absolute atomic E-state index is 13.7. The van der Waals surface area contributed by atoms with Gasteiger partial charge in [0, 0.05) is 13.1 Å². The molecule has 0 aliphatic carbocycles. The van der Waals surface area contributed by atoms with Crippen molar-refractivity contribution in [3.8, 4) is 22.3 Å². The Labute approximate surface area is 341 Å². The summed E-state index contributed by atoms with van der Waals surface area (Å²) in [5, 5.41) is 15.8. The van der Waals surface area contributed by atoms with E-state index in [1.54, 1.807) is 21.9 Å². The number of carbonyl (C=O) groups is 5. The second kappa shape index (κ2) is 16.8. The van der Waals surface area contributed by atoms with E-state index in [1.807, 2.05) is 70.2 Å². The monoisotopic (exact) mass is 806 g/mol. The summed E-state index contributed by atoms with van der Waals surface area (Å²) in [6, 6.07) is 14.5. The van der Waals surface area contributed by atoms with Crippen molar-refractivity contribution in [2.75, 3.05) is 27.3 Å². The molecule has 2 aromatic heterocycles. The molecule has 2 aliphatic rings. The number of likely N-dealkylation sites (tertiary alicyclic amines) is 2. The number of rotatable bonds is 11. The molecule has 4 atom stereocenters. The molecule has 4 amide bonds. The minimum absolute atomic E-state index is 0.123. The largest absolute Gasteiger partial charge is 0.478 e. The number of alkyl carbamates (subject to hydrolysis) is 2. The zero-order chi connectivity index (χ0) is 42.1. The third-order valence-electron chi connectivity index (χ3n) is 11.4. The molecule has 3 aromatic carbocycles. The lowest BCUT2D eigenvalue weighted by atomic mass is 9.94. The molecule has 2 saturated heterocycles. The van der Waals surface area contributed by atoms with E-state index in [0.29, 0.717) is 70.8 Å². The highest BCUT2D eigenvalue weighted by Crippen LogP contribution is 2.37. The molecule has 16 nitrogen and oxygen atoms in total. The molecule has 0 radical (unpaired) electrons. The van der Waals surface area contributed by atoms with Crippen molar-refractivity contribution in [3.63, 3.8) is 0 Å². The van der Waals surface area contributed by atoms with Gasteiger partial charge in [0.1, 0.15) is 23.7 Å². The van der Waals surface area contributed by atoms with Crippen LogP contribution >= 0.6 is 0 Å². The van der Waals surface area contributed by atoms with E-state index in [1.165, 1.54) is 14.2 Å². The van der Waals surface area contributed by atoms with Gasteiger partial charge < -0.3 is 45.0 Å². The number of methoxy groups -OCH3 is 2. The molecule has 0 unspecified atom stereocenters. The highest BCUT2D eigenvalue weighted by atomic mass is 16.5. The van der Waals surface area contributed by atoms with Crippen LogP contribution in [0.5, 0.6) is 0 Å². The molecule has 5 N–H and O–H groups in total. The molecule has 310 valence electrons. The van der Waals surface area contributed by atoms with E-state index in [4.69, 9.17) is 19.4 Å². The summed E-state index contributed by atoms with van der Waals surface area (Å²) in [5.41, 5.74) is 5.66. The van der Waals surface area contributed by atoms with Crippen LogP contribution in [0.1, 0.15) is 87.5 Å². The number of imidazole rings is 2. The highest BCUT2D eigenvalue weighted by molar-refractivity contribution is 5.99. The van der Waals surface area contributed by atoms with Crippen molar-refractivity contribution in [2.24, 2.45) is 11.8 Å². The third-order valence-corrected chi connectivity index (χ3v) is 11.4. The Kier molecular flexibility index (Phi) is 11.6. The molecule has 2 fully saturated rings. The molecule has 16 heteroatoms. The maximum Gasteiger partial charge on any atom is 0.407 e. The molecule has 5 aromatic rings. The average molecular weight is 807 g/mol. The van der Waals surface area contributed by atoms with Gasteiger partial charge in [0.2, 0.25) is 11.8 Å². The fourth-order valence-corrected chi connectivity index (χ4v) is 8.26. The summed E-state index contributed by atoms with van der Waals surface area (Å²) in [6.45, 7) is 8.54. The number of aromatic nitrogens is 4. The van der Waals surface area contributed by atoms with Crippen LogP contribution in [0.2, 0.25) is 0 Å². The zero-order valence-corrected chi connectivity index (χ0v) is 34.0. The predicted molar refractivity (Wildman–Crippen MR) is 219 cm³/mol. The Hall–Kier alpha value is -6.45. The number of hydrogen-bond acceptors (Lipinski definition) is 9. The SMILES string of the molecule is COC(=O)N[C@H](C(=O)N1CCC[C@H]1c1nc2ccc(-c3ccc(-c4ccc5nc([C@@H]6CCCN6C(=O)[C@@H](NC(=O)OC)C(C)C)[nH]c5c4)c(C(=O)O)c3)cc2[nH]1)C(C)C. The van der Waals surface area contributed by atoms with Gasteiger partial charge in [-0.3, -0.25) is 9.59 Å². The zero-order valence-electron chi connectivity index (χ0n) is 34.0. The number of nitrogens with one attached hydrogen (secondary N) is 4. The molecule has 59 heavy (non-hydrogen) atoms. The summed E-state index contributed by atoms with van der Waals surface area (Å²) < 4.78 is 9.51. The van der Waals surface area contributed by atoms with Gasteiger partial charge in [-0.05, 0) is 90.1 Å². The number of nitrogens with zero attached hydrogens (tertiary/aromatic N) is 4. The number of carboxylic acid groups (broad SMARTS) is 1. The Morgan fingerprint density at radius 1 is 0.678 bits per heavy atom. The fraction of sp³-hybridized carbons (Fsp3) is 0.419. The van der Waals surface area contributed by atoms with Gasteiger partial charge in [-0.2, -0.15) is 0 Å². The first-order chi connectivity index (χ1) is 28.3. The average Bonchev–Trinajstić information content (AvgIpc) is 4.05. The van der Waals surface area contributed by atoms with Crippen molar-refractivity contribution >= 4 is 52.0 Å². The van der Waals surface area contributed by atoms with Gasteiger partial charge in [0.05, 0.1) is 53.9 Å². The number of H-pyrrole nitrogens is 2. The van der Waals surface area contributed by atoms with Crippen LogP contribution in [0.15, 0.2) is 54.6 Å². The molecule has 2 aliphatic heterocycles. The van der Waals surface area contributed by atoms with Gasteiger partial charge >= 0.3 is 18.2 Å². The number of carboxylic acids is 1. The van der Waals surface area contributed by atoms with Crippen LogP contribution in [-0.4, -0.2) is 104 Å². The summed E-state index contributed by atoms with van der Waals surface area (Å²) >= 11 is 0. The van der Waals surface area contributed by atoms with E-state index >= 15 is 0 Å². The van der Waals surface area contributed by atoms with E-state index in [2.05, 4.69) is 20.6 Å². The van der Waals surface area contributed by atoms with Crippen molar-refractivity contribution in [3.05, 3.63) is 71.8 Å². The molecule has 0 saturated carbocycles.